The number of nitro benzene ring substituents is 1. The zero-order valence-corrected chi connectivity index (χ0v) is 10.2. The largest absolute Gasteiger partial charge is 0.396 e. The summed E-state index contributed by atoms with van der Waals surface area (Å²) in [6, 6.07) is 6.34. The van der Waals surface area contributed by atoms with Crippen LogP contribution in [0, 0.1) is 10.1 Å². The van der Waals surface area contributed by atoms with Gasteiger partial charge in [0.1, 0.15) is 0 Å². The van der Waals surface area contributed by atoms with Gasteiger partial charge in [0.15, 0.2) is 0 Å². The van der Waals surface area contributed by atoms with E-state index in [0.717, 1.165) is 5.69 Å². The van der Waals surface area contributed by atoms with Crippen LogP contribution < -0.4 is 5.73 Å². The van der Waals surface area contributed by atoms with Crippen LogP contribution in [0.4, 0.5) is 11.4 Å². The maximum Gasteiger partial charge on any atom is 0.271 e. The number of nitrogens with zero attached hydrogens (tertiary/aromatic N) is 3. The SMILES string of the molecule is CC(C)c1c(N)cnn1-c1cccc([N+](=O)[O-])c1. The molecule has 0 aliphatic carbocycles. The van der Waals surface area contributed by atoms with Crippen molar-refractivity contribution in [1.29, 1.82) is 0 Å². The van der Waals surface area contributed by atoms with Crippen molar-refractivity contribution in [1.82, 2.24) is 9.78 Å². The highest BCUT2D eigenvalue weighted by Crippen LogP contribution is 2.25. The fourth-order valence-corrected chi connectivity index (χ4v) is 1.89. The molecule has 0 saturated carbocycles. The predicted octanol–water partition coefficient (Wildman–Crippen LogP) is 2.49. The highest BCUT2D eigenvalue weighted by Gasteiger charge is 2.15. The molecule has 0 spiro atoms. The minimum atomic E-state index is -0.425. The molecule has 6 heteroatoms. The topological polar surface area (TPSA) is 87.0 Å². The summed E-state index contributed by atoms with van der Waals surface area (Å²) in [7, 11) is 0. The van der Waals surface area contributed by atoms with E-state index in [1.807, 2.05) is 13.8 Å². The average Bonchev–Trinajstić information content (AvgIpc) is 2.71. The molecule has 0 bridgehead atoms. The summed E-state index contributed by atoms with van der Waals surface area (Å²) in [6.07, 6.45) is 1.56. The summed E-state index contributed by atoms with van der Waals surface area (Å²) in [5.74, 6) is 0.187. The standard InChI is InChI=1S/C12H14N4O2/c1-8(2)12-11(13)7-14-15(12)9-4-3-5-10(6-9)16(17)18/h3-8H,13H2,1-2H3. The number of benzene rings is 1. The van der Waals surface area contributed by atoms with E-state index in [9.17, 15) is 10.1 Å². The van der Waals surface area contributed by atoms with Gasteiger partial charge >= 0.3 is 0 Å². The maximum atomic E-state index is 10.8. The van der Waals surface area contributed by atoms with Gasteiger partial charge in [-0.2, -0.15) is 5.10 Å². The molecular formula is C12H14N4O2. The van der Waals surface area contributed by atoms with Gasteiger partial charge in [-0.3, -0.25) is 10.1 Å². The Balaban J connectivity index is 2.55. The van der Waals surface area contributed by atoms with E-state index in [0.29, 0.717) is 11.4 Å². The number of nitro groups is 1. The Morgan fingerprint density at radius 1 is 1.44 bits per heavy atom. The van der Waals surface area contributed by atoms with Crippen molar-refractivity contribution in [3.8, 4) is 5.69 Å². The molecule has 2 aromatic rings. The summed E-state index contributed by atoms with van der Waals surface area (Å²) in [6.45, 7) is 4.00. The second kappa shape index (κ2) is 4.48. The Bertz CT molecular complexity index is 590. The Labute approximate surface area is 104 Å². The summed E-state index contributed by atoms with van der Waals surface area (Å²) in [5, 5.41) is 14.9. The number of nitrogens with two attached hydrogens (primary N) is 1. The Kier molecular flexibility index (Phi) is 3.01. The molecule has 0 aliphatic heterocycles. The summed E-state index contributed by atoms with van der Waals surface area (Å²) in [4.78, 5) is 10.3. The van der Waals surface area contributed by atoms with Crippen molar-refractivity contribution in [3.63, 3.8) is 0 Å². The molecule has 0 saturated heterocycles. The van der Waals surface area contributed by atoms with Crippen molar-refractivity contribution in [2.24, 2.45) is 0 Å². The number of nitrogen functional groups attached to an aromatic ring is 1. The third kappa shape index (κ3) is 2.04. The van der Waals surface area contributed by atoms with E-state index >= 15 is 0 Å². The number of aromatic nitrogens is 2. The summed E-state index contributed by atoms with van der Waals surface area (Å²) >= 11 is 0. The van der Waals surface area contributed by atoms with Gasteiger partial charge in [-0.1, -0.05) is 19.9 Å². The van der Waals surface area contributed by atoms with E-state index in [1.54, 1.807) is 23.0 Å². The van der Waals surface area contributed by atoms with Crippen molar-refractivity contribution >= 4 is 11.4 Å². The van der Waals surface area contributed by atoms with E-state index in [1.165, 1.54) is 12.1 Å². The second-order valence-corrected chi connectivity index (χ2v) is 4.33. The van der Waals surface area contributed by atoms with Crippen LogP contribution in [0.25, 0.3) is 5.69 Å². The Morgan fingerprint density at radius 2 is 2.17 bits per heavy atom. The lowest BCUT2D eigenvalue weighted by Crippen LogP contribution is -2.05. The first-order chi connectivity index (χ1) is 8.50. The minimum absolute atomic E-state index is 0.0382. The summed E-state index contributed by atoms with van der Waals surface area (Å²) in [5.41, 5.74) is 7.99. The number of rotatable bonds is 3. The predicted molar refractivity (Wildman–Crippen MR) is 68.7 cm³/mol. The zero-order chi connectivity index (χ0) is 13.3. The molecule has 1 heterocycles. The lowest BCUT2D eigenvalue weighted by Gasteiger charge is -2.10. The van der Waals surface area contributed by atoms with Gasteiger partial charge < -0.3 is 5.73 Å². The van der Waals surface area contributed by atoms with Crippen LogP contribution in [0.2, 0.25) is 0 Å². The van der Waals surface area contributed by atoms with E-state index in [2.05, 4.69) is 5.10 Å². The fourth-order valence-electron chi connectivity index (χ4n) is 1.89. The van der Waals surface area contributed by atoms with Gasteiger partial charge in [-0.15, -0.1) is 0 Å². The first kappa shape index (κ1) is 12.1. The van der Waals surface area contributed by atoms with Crippen molar-refractivity contribution in [2.45, 2.75) is 19.8 Å². The van der Waals surface area contributed by atoms with Crippen LogP contribution in [0.3, 0.4) is 0 Å². The molecular weight excluding hydrogens is 232 g/mol. The van der Waals surface area contributed by atoms with Crippen LogP contribution in [-0.4, -0.2) is 14.7 Å². The van der Waals surface area contributed by atoms with Crippen LogP contribution in [0.15, 0.2) is 30.5 Å². The Hall–Kier alpha value is -2.37. The third-order valence-electron chi connectivity index (χ3n) is 2.67. The normalized spacial score (nSPS) is 10.8. The molecule has 2 N–H and O–H groups in total. The first-order valence-electron chi connectivity index (χ1n) is 5.59. The first-order valence-corrected chi connectivity index (χ1v) is 5.59. The molecule has 94 valence electrons. The zero-order valence-electron chi connectivity index (χ0n) is 10.2. The van der Waals surface area contributed by atoms with Crippen LogP contribution in [0.5, 0.6) is 0 Å². The minimum Gasteiger partial charge on any atom is -0.396 e. The highest BCUT2D eigenvalue weighted by molar-refractivity contribution is 5.50. The molecule has 0 fully saturated rings. The van der Waals surface area contributed by atoms with E-state index in [4.69, 9.17) is 5.73 Å². The van der Waals surface area contributed by atoms with Gasteiger partial charge in [0.25, 0.3) is 5.69 Å². The maximum absolute atomic E-state index is 10.8. The molecule has 1 aromatic carbocycles. The number of hydrogen-bond donors (Lipinski definition) is 1. The van der Waals surface area contributed by atoms with Gasteiger partial charge in [-0.05, 0) is 12.0 Å². The second-order valence-electron chi connectivity index (χ2n) is 4.33. The van der Waals surface area contributed by atoms with E-state index < -0.39 is 4.92 Å². The van der Waals surface area contributed by atoms with Crippen molar-refractivity contribution < 1.29 is 4.92 Å². The monoisotopic (exact) mass is 246 g/mol. The molecule has 0 radical (unpaired) electrons. The molecule has 2 rings (SSSR count). The molecule has 6 nitrogen and oxygen atoms in total. The van der Waals surface area contributed by atoms with Gasteiger partial charge in [0.05, 0.1) is 28.2 Å². The molecule has 1 aromatic heterocycles. The summed E-state index contributed by atoms with van der Waals surface area (Å²) < 4.78 is 1.65. The van der Waals surface area contributed by atoms with Crippen LogP contribution >= 0.6 is 0 Å². The van der Waals surface area contributed by atoms with Crippen LogP contribution in [0.1, 0.15) is 25.5 Å². The van der Waals surface area contributed by atoms with Gasteiger partial charge in [-0.25, -0.2) is 4.68 Å². The lowest BCUT2D eigenvalue weighted by atomic mass is 10.1. The Morgan fingerprint density at radius 3 is 2.78 bits per heavy atom. The number of anilines is 1. The van der Waals surface area contributed by atoms with Crippen molar-refractivity contribution in [3.05, 3.63) is 46.3 Å². The van der Waals surface area contributed by atoms with Gasteiger partial charge in [0, 0.05) is 12.1 Å². The third-order valence-corrected chi connectivity index (χ3v) is 2.67. The average molecular weight is 246 g/mol. The van der Waals surface area contributed by atoms with Crippen molar-refractivity contribution in [2.75, 3.05) is 5.73 Å². The number of non-ortho nitro benzene ring substituents is 1. The smallest absolute Gasteiger partial charge is 0.271 e. The lowest BCUT2D eigenvalue weighted by molar-refractivity contribution is -0.384. The van der Waals surface area contributed by atoms with E-state index in [-0.39, 0.29) is 11.6 Å². The molecule has 0 amide bonds. The van der Waals surface area contributed by atoms with Crippen LogP contribution in [-0.2, 0) is 0 Å². The molecule has 0 aliphatic rings. The molecule has 18 heavy (non-hydrogen) atoms. The van der Waals surface area contributed by atoms with Gasteiger partial charge in [0.2, 0.25) is 0 Å². The molecule has 0 unspecified atom stereocenters. The highest BCUT2D eigenvalue weighted by atomic mass is 16.6. The molecule has 0 atom stereocenters. The quantitative estimate of drug-likeness (QED) is 0.665. The fraction of sp³-hybridized carbons (Fsp3) is 0.250. The number of hydrogen-bond acceptors (Lipinski definition) is 4.